The third-order valence-electron chi connectivity index (χ3n) is 5.26. The molecule has 0 bridgehead atoms. The molecule has 0 unspecified atom stereocenters. The van der Waals surface area contributed by atoms with E-state index >= 15 is 0 Å². The minimum atomic E-state index is -0.0425. The van der Waals surface area contributed by atoms with E-state index in [2.05, 4.69) is 35.2 Å². The van der Waals surface area contributed by atoms with Crippen LogP contribution in [0.25, 0.3) is 0 Å². The van der Waals surface area contributed by atoms with Gasteiger partial charge < -0.3 is 14.2 Å². The largest absolute Gasteiger partial charge is 0.358 e. The van der Waals surface area contributed by atoms with Crippen molar-refractivity contribution < 1.29 is 14.2 Å². The number of ether oxygens (including phenoxy) is 3. The Labute approximate surface area is 132 Å². The summed E-state index contributed by atoms with van der Waals surface area (Å²) in [5.74, 6) is 0. The molecule has 120 valence electrons. The van der Waals surface area contributed by atoms with Crippen LogP contribution in [0.5, 0.6) is 0 Å². The molecule has 3 aliphatic heterocycles. The van der Waals surface area contributed by atoms with Crippen molar-refractivity contribution in [1.82, 2.24) is 4.90 Å². The first-order valence-electron chi connectivity index (χ1n) is 8.56. The van der Waals surface area contributed by atoms with Gasteiger partial charge in [-0.1, -0.05) is 30.3 Å². The average Bonchev–Trinajstić information content (AvgIpc) is 3.24. The molecule has 0 saturated carbocycles. The summed E-state index contributed by atoms with van der Waals surface area (Å²) in [6.07, 6.45) is 5.57. The van der Waals surface area contributed by atoms with E-state index in [-0.39, 0.29) is 12.0 Å². The van der Waals surface area contributed by atoms with Gasteiger partial charge in [0.1, 0.15) is 5.72 Å². The molecule has 3 aliphatic rings. The first-order valence-corrected chi connectivity index (χ1v) is 8.56. The summed E-state index contributed by atoms with van der Waals surface area (Å²) >= 11 is 0. The van der Waals surface area contributed by atoms with Crippen LogP contribution in [-0.2, 0) is 14.2 Å². The quantitative estimate of drug-likeness (QED) is 0.836. The highest BCUT2D eigenvalue weighted by atomic mass is 16.7. The molecule has 0 aromatic heterocycles. The number of nitrogens with zero attached hydrogens (tertiary/aromatic N) is 1. The van der Waals surface area contributed by atoms with E-state index in [0.717, 1.165) is 52.0 Å². The Morgan fingerprint density at radius 3 is 2.77 bits per heavy atom. The molecule has 1 aromatic rings. The molecular formula is C18H25NO3. The van der Waals surface area contributed by atoms with Crippen LogP contribution in [0.3, 0.4) is 0 Å². The minimum absolute atomic E-state index is 0.0116. The lowest BCUT2D eigenvalue weighted by Crippen LogP contribution is -2.40. The molecule has 3 fully saturated rings. The van der Waals surface area contributed by atoms with Crippen LogP contribution in [0.1, 0.15) is 43.7 Å². The maximum Gasteiger partial charge on any atom is 0.157 e. The van der Waals surface area contributed by atoms with E-state index in [4.69, 9.17) is 14.2 Å². The maximum absolute atomic E-state index is 6.34. The molecule has 4 heteroatoms. The smallest absolute Gasteiger partial charge is 0.157 e. The number of fused-ring (bicyclic) bond motifs is 1. The van der Waals surface area contributed by atoms with Crippen LogP contribution in [0.2, 0.25) is 0 Å². The van der Waals surface area contributed by atoms with Crippen LogP contribution in [-0.4, -0.2) is 43.3 Å². The molecule has 3 heterocycles. The molecule has 0 aliphatic carbocycles. The molecule has 2 atom stereocenters. The Kier molecular flexibility index (Phi) is 4.18. The van der Waals surface area contributed by atoms with Crippen molar-refractivity contribution in [2.45, 2.75) is 50.2 Å². The average molecular weight is 303 g/mol. The highest BCUT2D eigenvalue weighted by Crippen LogP contribution is 2.46. The van der Waals surface area contributed by atoms with Gasteiger partial charge in [0.2, 0.25) is 0 Å². The van der Waals surface area contributed by atoms with Crippen molar-refractivity contribution in [3.05, 3.63) is 35.9 Å². The molecule has 0 amide bonds. The molecule has 0 spiro atoms. The highest BCUT2D eigenvalue weighted by Gasteiger charge is 2.50. The Morgan fingerprint density at radius 1 is 1.14 bits per heavy atom. The van der Waals surface area contributed by atoms with Gasteiger partial charge in [-0.2, -0.15) is 0 Å². The number of benzene rings is 1. The Hall–Kier alpha value is -0.940. The fraction of sp³-hybridized carbons (Fsp3) is 0.667. The van der Waals surface area contributed by atoms with Crippen molar-refractivity contribution in [2.75, 3.05) is 26.4 Å². The third kappa shape index (κ3) is 2.69. The van der Waals surface area contributed by atoms with E-state index in [1.54, 1.807) is 0 Å². The van der Waals surface area contributed by atoms with Gasteiger partial charge in [-0.05, 0) is 37.7 Å². The van der Waals surface area contributed by atoms with Gasteiger partial charge in [-0.25, -0.2) is 0 Å². The van der Waals surface area contributed by atoms with Gasteiger partial charge in [0.25, 0.3) is 0 Å². The Bertz CT molecular complexity index is 488. The molecule has 4 rings (SSSR count). The van der Waals surface area contributed by atoms with Crippen LogP contribution < -0.4 is 0 Å². The van der Waals surface area contributed by atoms with Crippen molar-refractivity contribution in [3.8, 4) is 0 Å². The third-order valence-corrected chi connectivity index (χ3v) is 5.26. The summed E-state index contributed by atoms with van der Waals surface area (Å²) in [6.45, 7) is 3.46. The Morgan fingerprint density at radius 2 is 1.95 bits per heavy atom. The number of rotatable bonds is 5. The fourth-order valence-corrected chi connectivity index (χ4v) is 4.20. The van der Waals surface area contributed by atoms with Gasteiger partial charge in [-0.3, -0.25) is 4.90 Å². The molecule has 4 nitrogen and oxygen atoms in total. The second-order valence-corrected chi connectivity index (χ2v) is 6.54. The lowest BCUT2D eigenvalue weighted by atomic mass is 10.0. The van der Waals surface area contributed by atoms with Crippen LogP contribution in [0.15, 0.2) is 30.3 Å². The zero-order valence-corrected chi connectivity index (χ0v) is 13.1. The van der Waals surface area contributed by atoms with Gasteiger partial charge in [0, 0.05) is 6.54 Å². The number of hydrogen-bond donors (Lipinski definition) is 0. The van der Waals surface area contributed by atoms with Gasteiger partial charge in [-0.15, -0.1) is 0 Å². The minimum Gasteiger partial charge on any atom is -0.358 e. The van der Waals surface area contributed by atoms with Crippen LogP contribution in [0.4, 0.5) is 0 Å². The molecule has 22 heavy (non-hydrogen) atoms. The normalized spacial score (nSPS) is 32.6. The maximum atomic E-state index is 6.34. The number of hydrogen-bond acceptors (Lipinski definition) is 4. The molecule has 3 saturated heterocycles. The second kappa shape index (κ2) is 6.28. The topological polar surface area (TPSA) is 30.9 Å². The zero-order chi connectivity index (χ0) is 14.8. The van der Waals surface area contributed by atoms with E-state index < -0.39 is 0 Å². The SMILES string of the molecule is c1ccc([C@@H]2CO[C@@]3(CCCC4OCCO4)CCCN23)cc1. The highest BCUT2D eigenvalue weighted by molar-refractivity contribution is 5.21. The first-order chi connectivity index (χ1) is 10.9. The summed E-state index contributed by atoms with van der Waals surface area (Å²) < 4.78 is 17.4. The van der Waals surface area contributed by atoms with Crippen molar-refractivity contribution in [3.63, 3.8) is 0 Å². The van der Waals surface area contributed by atoms with Gasteiger partial charge >= 0.3 is 0 Å². The monoisotopic (exact) mass is 303 g/mol. The summed E-state index contributed by atoms with van der Waals surface area (Å²) in [7, 11) is 0. The zero-order valence-electron chi connectivity index (χ0n) is 13.1. The molecular weight excluding hydrogens is 278 g/mol. The summed E-state index contributed by atoms with van der Waals surface area (Å²) in [5.41, 5.74) is 1.34. The van der Waals surface area contributed by atoms with Crippen molar-refractivity contribution in [2.24, 2.45) is 0 Å². The Balaban J connectivity index is 1.40. The summed E-state index contributed by atoms with van der Waals surface area (Å²) in [6, 6.07) is 11.2. The molecule has 0 radical (unpaired) electrons. The fourth-order valence-electron chi connectivity index (χ4n) is 4.20. The van der Waals surface area contributed by atoms with E-state index in [1.165, 1.54) is 12.0 Å². The molecule has 0 N–H and O–H groups in total. The summed E-state index contributed by atoms with van der Waals surface area (Å²) in [4.78, 5) is 2.60. The van der Waals surface area contributed by atoms with E-state index in [0.29, 0.717) is 6.04 Å². The van der Waals surface area contributed by atoms with Gasteiger partial charge in [0.15, 0.2) is 6.29 Å². The van der Waals surface area contributed by atoms with Crippen molar-refractivity contribution >= 4 is 0 Å². The van der Waals surface area contributed by atoms with Crippen molar-refractivity contribution in [1.29, 1.82) is 0 Å². The lowest BCUT2D eigenvalue weighted by molar-refractivity contribution is -0.0811. The molecule has 1 aromatic carbocycles. The van der Waals surface area contributed by atoms with E-state index in [1.807, 2.05) is 0 Å². The standard InChI is InChI=1S/C18H25NO3/c1-2-6-15(7-3-1)16-14-22-18(10-5-11-19(16)18)9-4-8-17-20-12-13-21-17/h1-3,6-7,16-17H,4-5,8-14H2/t16-,18-/m0/s1. The second-order valence-electron chi connectivity index (χ2n) is 6.54. The van der Waals surface area contributed by atoms with E-state index in [9.17, 15) is 0 Å². The van der Waals surface area contributed by atoms with Gasteiger partial charge in [0.05, 0.1) is 25.9 Å². The van der Waals surface area contributed by atoms with Crippen LogP contribution >= 0.6 is 0 Å². The van der Waals surface area contributed by atoms with Crippen LogP contribution in [0, 0.1) is 0 Å². The summed E-state index contributed by atoms with van der Waals surface area (Å²) in [5, 5.41) is 0. The first kappa shape index (κ1) is 14.6. The predicted octanol–water partition coefficient (Wildman–Crippen LogP) is 3.09. The predicted molar refractivity (Wildman–Crippen MR) is 83.3 cm³/mol. The lowest BCUT2D eigenvalue weighted by Gasteiger charge is -2.33.